The minimum atomic E-state index is -4.16. The first-order chi connectivity index (χ1) is 17.7. The molecule has 12 heteroatoms. The molecule has 0 aliphatic heterocycles. The Hall–Kier alpha value is -3.37. The van der Waals surface area contributed by atoms with Crippen molar-refractivity contribution >= 4 is 53.9 Å². The van der Waals surface area contributed by atoms with Gasteiger partial charge in [-0.15, -0.1) is 0 Å². The number of rotatable bonds is 8. The molecule has 37 heavy (non-hydrogen) atoms. The van der Waals surface area contributed by atoms with Gasteiger partial charge in [0.1, 0.15) is 6.54 Å². The number of sulfonamides is 1. The minimum absolute atomic E-state index is 0.0117. The molecule has 0 aliphatic carbocycles. The third kappa shape index (κ3) is 5.21. The molecule has 0 N–H and O–H groups in total. The Balaban J connectivity index is 1.98. The number of methoxy groups -OCH3 is 1. The first-order valence-corrected chi connectivity index (χ1v) is 14.2. The van der Waals surface area contributed by atoms with Crippen molar-refractivity contribution < 1.29 is 22.2 Å². The van der Waals surface area contributed by atoms with Crippen molar-refractivity contribution in [3.8, 4) is 6.07 Å². The van der Waals surface area contributed by atoms with E-state index in [4.69, 9.17) is 4.74 Å². The van der Waals surface area contributed by atoms with Gasteiger partial charge in [-0.05, 0) is 53.2 Å². The highest BCUT2D eigenvalue weighted by Gasteiger charge is 2.32. The van der Waals surface area contributed by atoms with Crippen molar-refractivity contribution in [2.45, 2.75) is 23.3 Å². The van der Waals surface area contributed by atoms with Gasteiger partial charge in [-0.2, -0.15) is 9.57 Å². The molecule has 0 spiro atoms. The highest BCUT2D eigenvalue weighted by molar-refractivity contribution is 9.10. The average Bonchev–Trinajstić information content (AvgIpc) is 3.21. The molecule has 0 fully saturated rings. The molecule has 2 aromatic heterocycles. The second-order valence-electron chi connectivity index (χ2n) is 7.94. The molecule has 0 amide bonds. The number of nitriles is 1. The van der Waals surface area contributed by atoms with Gasteiger partial charge in [-0.25, -0.2) is 26.4 Å². The average molecular weight is 602 g/mol. The lowest BCUT2D eigenvalue weighted by Gasteiger charge is -2.21. The summed E-state index contributed by atoms with van der Waals surface area (Å²) >= 11 is 3.35. The van der Waals surface area contributed by atoms with Crippen molar-refractivity contribution in [3.05, 3.63) is 88.2 Å². The van der Waals surface area contributed by atoms with E-state index in [1.165, 1.54) is 29.4 Å². The number of ether oxygens (including phenoxy) is 1. The van der Waals surface area contributed by atoms with Crippen LogP contribution < -0.4 is 0 Å². The quantitative estimate of drug-likeness (QED) is 0.219. The van der Waals surface area contributed by atoms with E-state index in [9.17, 15) is 22.7 Å². The second-order valence-corrected chi connectivity index (χ2v) is 12.1. The number of carbonyl (C=O) groups is 1. The first-order valence-electron chi connectivity index (χ1n) is 10.9. The van der Waals surface area contributed by atoms with Crippen molar-refractivity contribution in [3.63, 3.8) is 0 Å². The Labute approximate surface area is 225 Å². The zero-order valence-corrected chi connectivity index (χ0v) is 23.0. The molecule has 1 unspecified atom stereocenters. The summed E-state index contributed by atoms with van der Waals surface area (Å²) < 4.78 is 48.8. The van der Waals surface area contributed by atoms with Gasteiger partial charge in [0.15, 0.2) is 16.6 Å². The van der Waals surface area contributed by atoms with Gasteiger partial charge >= 0.3 is 5.97 Å². The Kier molecular flexibility index (Phi) is 7.89. The smallest absolute Gasteiger partial charge is 0.340 e. The topological polar surface area (TPSA) is 122 Å². The highest BCUT2D eigenvalue weighted by atomic mass is 79.9. The third-order valence-corrected chi connectivity index (χ3v) is 9.20. The van der Waals surface area contributed by atoms with Crippen molar-refractivity contribution in [1.29, 1.82) is 5.26 Å². The van der Waals surface area contributed by atoms with E-state index in [1.54, 1.807) is 48.5 Å². The van der Waals surface area contributed by atoms with E-state index >= 15 is 0 Å². The van der Waals surface area contributed by atoms with Crippen LogP contribution in [0.1, 0.15) is 21.6 Å². The number of halogens is 1. The molecule has 190 valence electrons. The SMILES string of the molecule is COC(=O)c1c(CN(CC#N)S(=O)(=O)c2ccc(C)cc2)n(S(=O)c2ccccc2)c2ncc(Br)cc12. The molecule has 2 heterocycles. The zero-order valence-electron chi connectivity index (χ0n) is 19.8. The number of aromatic nitrogens is 2. The van der Waals surface area contributed by atoms with Crippen LogP contribution in [0, 0.1) is 18.3 Å². The normalized spacial score (nSPS) is 12.4. The summed E-state index contributed by atoms with van der Waals surface area (Å²) in [6.45, 7) is 0.892. The van der Waals surface area contributed by atoms with Crippen LogP contribution in [0.5, 0.6) is 0 Å². The predicted octanol–water partition coefficient (Wildman–Crippen LogP) is 4.18. The lowest BCUT2D eigenvalue weighted by molar-refractivity contribution is 0.0601. The Morgan fingerprint density at radius 2 is 1.86 bits per heavy atom. The van der Waals surface area contributed by atoms with E-state index in [0.717, 1.165) is 9.87 Å². The molecule has 9 nitrogen and oxygen atoms in total. The monoisotopic (exact) mass is 600 g/mol. The van der Waals surface area contributed by atoms with Crippen LogP contribution >= 0.6 is 15.9 Å². The van der Waals surface area contributed by atoms with Gasteiger partial charge in [0.25, 0.3) is 0 Å². The van der Waals surface area contributed by atoms with Crippen LogP contribution in [0.2, 0.25) is 0 Å². The summed E-state index contributed by atoms with van der Waals surface area (Å²) in [4.78, 5) is 17.8. The number of pyridine rings is 1. The van der Waals surface area contributed by atoms with Crippen LogP contribution in [0.15, 0.2) is 81.1 Å². The van der Waals surface area contributed by atoms with Crippen LogP contribution in [0.3, 0.4) is 0 Å². The van der Waals surface area contributed by atoms with Gasteiger partial charge in [-0.3, -0.25) is 0 Å². The molecule has 4 rings (SSSR count). The second kappa shape index (κ2) is 10.9. The van der Waals surface area contributed by atoms with Crippen LogP contribution in [-0.2, 0) is 32.3 Å². The maximum absolute atomic E-state index is 13.8. The summed E-state index contributed by atoms with van der Waals surface area (Å²) in [7, 11) is -4.87. The van der Waals surface area contributed by atoms with E-state index in [0.29, 0.717) is 14.8 Å². The summed E-state index contributed by atoms with van der Waals surface area (Å²) in [5.74, 6) is -0.756. The van der Waals surface area contributed by atoms with Crippen molar-refractivity contribution in [2.24, 2.45) is 0 Å². The summed E-state index contributed by atoms with van der Waals surface area (Å²) in [5, 5.41) is 9.82. The number of aryl methyl sites for hydroxylation is 1. The summed E-state index contributed by atoms with van der Waals surface area (Å²) in [6, 6.07) is 18.2. The minimum Gasteiger partial charge on any atom is -0.465 e. The first kappa shape index (κ1) is 26.7. The van der Waals surface area contributed by atoms with Crippen molar-refractivity contribution in [2.75, 3.05) is 13.7 Å². The molecule has 0 aliphatic rings. The van der Waals surface area contributed by atoms with E-state index in [2.05, 4.69) is 20.9 Å². The number of hydrogen-bond donors (Lipinski definition) is 0. The van der Waals surface area contributed by atoms with Gasteiger partial charge in [-0.1, -0.05) is 35.9 Å². The van der Waals surface area contributed by atoms with Gasteiger partial charge < -0.3 is 4.74 Å². The number of fused-ring (bicyclic) bond motifs is 1. The number of hydrogen-bond acceptors (Lipinski definition) is 7. The predicted molar refractivity (Wildman–Crippen MR) is 141 cm³/mol. The Morgan fingerprint density at radius 1 is 1.19 bits per heavy atom. The summed E-state index contributed by atoms with van der Waals surface area (Å²) in [6.07, 6.45) is 1.49. The third-order valence-electron chi connectivity index (χ3n) is 5.56. The molecule has 1 atom stereocenters. The highest BCUT2D eigenvalue weighted by Crippen LogP contribution is 2.32. The largest absolute Gasteiger partial charge is 0.465 e. The van der Waals surface area contributed by atoms with Crippen molar-refractivity contribution in [1.82, 2.24) is 13.3 Å². The molecule has 2 aromatic carbocycles. The van der Waals surface area contributed by atoms with Crippen LogP contribution in [0.25, 0.3) is 11.0 Å². The lowest BCUT2D eigenvalue weighted by Crippen LogP contribution is -2.33. The maximum atomic E-state index is 13.8. The van der Waals surface area contributed by atoms with Crippen LogP contribution in [-0.4, -0.2) is 45.5 Å². The van der Waals surface area contributed by atoms with E-state index < -0.39 is 40.1 Å². The van der Waals surface area contributed by atoms with E-state index in [-0.39, 0.29) is 21.8 Å². The fraction of sp³-hybridized carbons (Fsp3) is 0.160. The molecule has 0 radical (unpaired) electrons. The molecule has 0 saturated heterocycles. The zero-order chi connectivity index (χ0) is 26.7. The van der Waals surface area contributed by atoms with Gasteiger partial charge in [0, 0.05) is 16.1 Å². The lowest BCUT2D eigenvalue weighted by atomic mass is 10.1. The number of esters is 1. The fourth-order valence-corrected chi connectivity index (χ4v) is 6.67. The fourth-order valence-electron chi connectivity index (χ4n) is 3.79. The molecular weight excluding hydrogens is 580 g/mol. The van der Waals surface area contributed by atoms with E-state index in [1.807, 2.05) is 13.0 Å². The summed E-state index contributed by atoms with van der Waals surface area (Å²) in [5.41, 5.74) is 1.16. The maximum Gasteiger partial charge on any atom is 0.340 e. The Morgan fingerprint density at radius 3 is 2.49 bits per heavy atom. The van der Waals surface area contributed by atoms with Gasteiger partial charge in [0.2, 0.25) is 10.0 Å². The molecule has 4 aromatic rings. The molecule has 0 bridgehead atoms. The van der Waals surface area contributed by atoms with Crippen LogP contribution in [0.4, 0.5) is 0 Å². The number of nitrogens with zero attached hydrogens (tertiary/aromatic N) is 4. The molecular formula is C25H21BrN4O5S2. The molecule has 0 saturated carbocycles. The number of benzene rings is 2. The van der Waals surface area contributed by atoms with Gasteiger partial charge in [0.05, 0.1) is 40.8 Å². The number of carbonyl (C=O) groups excluding carboxylic acids is 1. The Bertz CT molecular complexity index is 1650. The standard InChI is InChI=1S/C25H21BrN4O5S2/c1-17-8-10-20(11-9-17)37(33,34)29(13-12-27)16-22-23(25(31)35-2)21-14-18(26)15-28-24(21)30(22)36(32)19-6-4-3-5-7-19/h3-11,14-15H,13,16H2,1-2H3.